The van der Waals surface area contributed by atoms with Crippen molar-refractivity contribution in [2.75, 3.05) is 12.4 Å². The summed E-state index contributed by atoms with van der Waals surface area (Å²) >= 11 is 0. The van der Waals surface area contributed by atoms with Crippen LogP contribution in [0.5, 0.6) is 0 Å². The number of alkyl halides is 3. The molecule has 0 spiro atoms. The molecule has 7 heteroatoms. The van der Waals surface area contributed by atoms with Gasteiger partial charge >= 0.3 is 6.18 Å². The van der Waals surface area contributed by atoms with Gasteiger partial charge in [-0.2, -0.15) is 13.2 Å². The molecule has 1 N–H and O–H groups in total. The Kier molecular flexibility index (Phi) is 5.41. The number of benzene rings is 1. The average molecular weight is 475 g/mol. The average Bonchev–Trinajstić information content (AvgIpc) is 3.13. The fourth-order valence-electron chi connectivity index (χ4n) is 8.23. The normalized spacial score (nSPS) is 39.3. The van der Waals surface area contributed by atoms with Crippen LogP contribution < -0.4 is 5.32 Å². The van der Waals surface area contributed by atoms with E-state index in [2.05, 4.69) is 25.2 Å². The van der Waals surface area contributed by atoms with E-state index in [0.717, 1.165) is 38.2 Å². The second-order valence-electron chi connectivity index (χ2n) is 11.3. The van der Waals surface area contributed by atoms with Crippen LogP contribution in [-0.4, -0.2) is 29.8 Å². The Morgan fingerprint density at radius 3 is 2.53 bits per heavy atom. The number of carbonyl (C=O) groups excluding carboxylic acids is 2. The SMILES string of the molecule is CN1C(=O)C=C[C@@]2(C)[C@@H]1CC[C@@H]1[C@@H]2CC[C@]2(C)[C@@H](C(=O)Nc3ccccc3C(F)(F)F)CC[C@@H]12. The topological polar surface area (TPSA) is 49.4 Å². The predicted octanol–water partition coefficient (Wildman–Crippen LogP) is 5.90. The molecule has 5 rings (SSSR count). The van der Waals surface area contributed by atoms with E-state index in [1.54, 1.807) is 6.08 Å². The Bertz CT molecular complexity index is 1040. The number of hydrogen-bond acceptors (Lipinski definition) is 2. The Balaban J connectivity index is 1.38. The van der Waals surface area contributed by atoms with Crippen LogP contribution in [0.15, 0.2) is 36.4 Å². The van der Waals surface area contributed by atoms with E-state index in [-0.39, 0.29) is 40.3 Å². The third kappa shape index (κ3) is 3.41. The molecular weight excluding hydrogens is 441 g/mol. The van der Waals surface area contributed by atoms with Crippen molar-refractivity contribution in [1.82, 2.24) is 4.90 Å². The lowest BCUT2D eigenvalue weighted by atomic mass is 9.47. The molecule has 3 fully saturated rings. The first-order valence-corrected chi connectivity index (χ1v) is 12.4. The molecule has 1 aliphatic heterocycles. The second-order valence-corrected chi connectivity index (χ2v) is 11.3. The Morgan fingerprint density at radius 2 is 1.79 bits per heavy atom. The molecule has 184 valence electrons. The lowest BCUT2D eigenvalue weighted by Gasteiger charge is -2.60. The highest BCUT2D eigenvalue weighted by Crippen LogP contribution is 2.65. The van der Waals surface area contributed by atoms with Crippen molar-refractivity contribution in [2.24, 2.45) is 34.5 Å². The number of carbonyl (C=O) groups is 2. The summed E-state index contributed by atoms with van der Waals surface area (Å²) in [6, 6.07) is 5.41. The summed E-state index contributed by atoms with van der Waals surface area (Å²) in [4.78, 5) is 27.5. The fraction of sp³-hybridized carbons (Fsp3) is 0.630. The summed E-state index contributed by atoms with van der Waals surface area (Å²) in [7, 11) is 1.90. The molecule has 3 aliphatic carbocycles. The van der Waals surface area contributed by atoms with E-state index in [9.17, 15) is 22.8 Å². The van der Waals surface area contributed by atoms with E-state index in [1.807, 2.05) is 11.9 Å². The van der Waals surface area contributed by atoms with Crippen molar-refractivity contribution in [3.63, 3.8) is 0 Å². The van der Waals surface area contributed by atoms with E-state index >= 15 is 0 Å². The zero-order chi connectivity index (χ0) is 24.5. The minimum absolute atomic E-state index is 0.0679. The Morgan fingerprint density at radius 1 is 1.06 bits per heavy atom. The first-order valence-electron chi connectivity index (χ1n) is 12.4. The van der Waals surface area contributed by atoms with Gasteiger partial charge in [-0.3, -0.25) is 9.59 Å². The van der Waals surface area contributed by atoms with E-state index in [1.165, 1.54) is 18.2 Å². The largest absolute Gasteiger partial charge is 0.418 e. The van der Waals surface area contributed by atoms with Crippen LogP contribution in [0, 0.1) is 34.5 Å². The van der Waals surface area contributed by atoms with Crippen LogP contribution in [0.1, 0.15) is 57.9 Å². The van der Waals surface area contributed by atoms with Crippen LogP contribution >= 0.6 is 0 Å². The molecule has 7 atom stereocenters. The molecule has 0 bridgehead atoms. The summed E-state index contributed by atoms with van der Waals surface area (Å²) in [6.45, 7) is 4.46. The number of anilines is 1. The third-order valence-corrected chi connectivity index (χ3v) is 9.93. The number of likely N-dealkylation sites (N-methyl/N-ethyl adjacent to an activating group) is 1. The molecule has 1 aromatic carbocycles. The van der Waals surface area contributed by atoms with Crippen LogP contribution in [0.4, 0.5) is 18.9 Å². The molecule has 3 saturated carbocycles. The van der Waals surface area contributed by atoms with Gasteiger partial charge in [-0.25, -0.2) is 0 Å². The van der Waals surface area contributed by atoms with Gasteiger partial charge in [-0.1, -0.05) is 32.1 Å². The predicted molar refractivity (Wildman–Crippen MR) is 124 cm³/mol. The fourth-order valence-corrected chi connectivity index (χ4v) is 8.23. The Labute approximate surface area is 199 Å². The molecule has 1 heterocycles. The third-order valence-electron chi connectivity index (χ3n) is 9.93. The number of nitrogens with one attached hydrogen (secondary N) is 1. The molecule has 0 unspecified atom stereocenters. The highest BCUT2D eigenvalue weighted by Gasteiger charge is 2.61. The minimum Gasteiger partial charge on any atom is -0.338 e. The molecule has 4 nitrogen and oxygen atoms in total. The van der Waals surface area contributed by atoms with Crippen LogP contribution in [-0.2, 0) is 15.8 Å². The summed E-state index contributed by atoms with van der Waals surface area (Å²) < 4.78 is 40.3. The van der Waals surface area contributed by atoms with Crippen molar-refractivity contribution >= 4 is 17.5 Å². The zero-order valence-corrected chi connectivity index (χ0v) is 20.0. The van der Waals surface area contributed by atoms with Gasteiger partial charge in [0.05, 0.1) is 11.3 Å². The number of rotatable bonds is 2. The smallest absolute Gasteiger partial charge is 0.338 e. The van der Waals surface area contributed by atoms with E-state index < -0.39 is 11.7 Å². The van der Waals surface area contributed by atoms with Gasteiger partial charge in [0.25, 0.3) is 0 Å². The maximum Gasteiger partial charge on any atom is 0.418 e. The van der Waals surface area contributed by atoms with Crippen LogP contribution in [0.25, 0.3) is 0 Å². The highest BCUT2D eigenvalue weighted by molar-refractivity contribution is 5.94. The maximum absolute atomic E-state index is 13.4. The van der Waals surface area contributed by atoms with Crippen molar-refractivity contribution in [1.29, 1.82) is 0 Å². The van der Waals surface area contributed by atoms with Gasteiger partial charge in [0.1, 0.15) is 0 Å². The summed E-state index contributed by atoms with van der Waals surface area (Å²) in [6.07, 6.45) is 4.80. The second kappa shape index (κ2) is 7.85. The molecule has 2 amide bonds. The standard InChI is InChI=1S/C27H33F3N2O2/c1-25-14-12-18-16(8-11-22-26(18,2)15-13-23(33)32(22)3)17(25)9-10-20(25)24(34)31-21-7-5-4-6-19(21)27(28,29)30/h4-7,13,15-18,20,22H,8-12,14H2,1-3H3,(H,31,34)/t16-,17-,18-,20+,22-,25-,26+/m0/s1. The van der Waals surface area contributed by atoms with E-state index in [0.29, 0.717) is 24.2 Å². The number of amides is 2. The molecule has 4 aliphatic rings. The summed E-state index contributed by atoms with van der Waals surface area (Å²) in [5.74, 6) is 0.766. The number of para-hydroxylation sites is 1. The lowest BCUT2D eigenvalue weighted by molar-refractivity contribution is -0.141. The van der Waals surface area contributed by atoms with Crippen molar-refractivity contribution in [2.45, 2.75) is 64.6 Å². The molecule has 34 heavy (non-hydrogen) atoms. The number of nitrogens with zero attached hydrogens (tertiary/aromatic N) is 1. The zero-order valence-electron chi connectivity index (χ0n) is 20.0. The molecule has 0 aromatic heterocycles. The minimum atomic E-state index is -4.51. The van der Waals surface area contributed by atoms with Gasteiger partial charge in [0.15, 0.2) is 0 Å². The van der Waals surface area contributed by atoms with Crippen molar-refractivity contribution in [3.8, 4) is 0 Å². The molecule has 1 aromatic rings. The van der Waals surface area contributed by atoms with Gasteiger partial charge in [-0.05, 0) is 79.9 Å². The summed E-state index contributed by atoms with van der Waals surface area (Å²) in [5.41, 5.74) is -1.25. The van der Waals surface area contributed by atoms with Crippen LogP contribution in [0.3, 0.4) is 0 Å². The quantitative estimate of drug-likeness (QED) is 0.580. The van der Waals surface area contributed by atoms with Gasteiger partial charge < -0.3 is 10.2 Å². The van der Waals surface area contributed by atoms with Crippen molar-refractivity contribution < 1.29 is 22.8 Å². The molecule has 0 radical (unpaired) electrons. The lowest BCUT2D eigenvalue weighted by Crippen LogP contribution is -2.59. The van der Waals surface area contributed by atoms with Gasteiger partial charge in [-0.15, -0.1) is 0 Å². The molecule has 0 saturated heterocycles. The first-order chi connectivity index (χ1) is 16.0. The van der Waals surface area contributed by atoms with E-state index in [4.69, 9.17) is 0 Å². The maximum atomic E-state index is 13.4. The number of halogens is 3. The number of hydrogen-bond donors (Lipinski definition) is 1. The highest BCUT2D eigenvalue weighted by atomic mass is 19.4. The Hall–Kier alpha value is -2.31. The first kappa shape index (κ1) is 23.4. The van der Waals surface area contributed by atoms with Crippen molar-refractivity contribution in [3.05, 3.63) is 42.0 Å². The van der Waals surface area contributed by atoms with Crippen LogP contribution in [0.2, 0.25) is 0 Å². The van der Waals surface area contributed by atoms with Gasteiger partial charge in [0, 0.05) is 24.4 Å². The molecular formula is C27H33F3N2O2. The summed E-state index contributed by atoms with van der Waals surface area (Å²) in [5, 5.41) is 2.64. The number of fused-ring (bicyclic) bond motifs is 5. The van der Waals surface area contributed by atoms with Gasteiger partial charge in [0.2, 0.25) is 11.8 Å². The monoisotopic (exact) mass is 474 g/mol.